The Morgan fingerprint density at radius 3 is 2.40 bits per heavy atom. The lowest BCUT2D eigenvalue weighted by atomic mass is 9.97. The normalized spacial score (nSPS) is 19.2. The molecule has 0 saturated carbocycles. The van der Waals surface area contributed by atoms with Crippen molar-refractivity contribution in [2.75, 3.05) is 26.7 Å². The molecule has 88 valence electrons. The van der Waals surface area contributed by atoms with Gasteiger partial charge < -0.3 is 20.1 Å². The molecule has 1 aliphatic heterocycles. The first-order chi connectivity index (χ1) is 6.87. The molecule has 0 radical (unpaired) electrons. The zero-order valence-corrected chi connectivity index (χ0v) is 9.85. The van der Waals surface area contributed by atoms with E-state index >= 15 is 0 Å². The van der Waals surface area contributed by atoms with Crippen molar-refractivity contribution in [2.45, 2.75) is 32.0 Å². The molecule has 0 unspecified atom stereocenters. The molecule has 0 atom stereocenters. The quantitative estimate of drug-likeness (QED) is 0.721. The van der Waals surface area contributed by atoms with Crippen molar-refractivity contribution in [3.8, 4) is 0 Å². The Balaban J connectivity index is 2.27. The zero-order chi connectivity index (χ0) is 11.5. The summed E-state index contributed by atoms with van der Waals surface area (Å²) >= 11 is 0. The predicted molar refractivity (Wildman–Crippen MR) is 56.8 cm³/mol. The fourth-order valence-corrected chi connectivity index (χ4v) is 1.29. The van der Waals surface area contributed by atoms with Crippen molar-refractivity contribution in [1.82, 2.24) is 10.6 Å². The Labute approximate surface area is 90.5 Å². The highest BCUT2D eigenvalue weighted by Crippen LogP contribution is 2.14. The van der Waals surface area contributed by atoms with Crippen LogP contribution in [0.5, 0.6) is 0 Å². The summed E-state index contributed by atoms with van der Waals surface area (Å²) in [5, 5.41) is 5.81. The Morgan fingerprint density at radius 2 is 2.07 bits per heavy atom. The monoisotopic (exact) mass is 216 g/mol. The first-order valence-corrected chi connectivity index (χ1v) is 5.10. The van der Waals surface area contributed by atoms with Crippen LogP contribution in [0.4, 0.5) is 4.79 Å². The molecular formula is C10H20N2O3. The smallest absolute Gasteiger partial charge is 0.407 e. The zero-order valence-electron chi connectivity index (χ0n) is 9.85. The summed E-state index contributed by atoms with van der Waals surface area (Å²) in [6.07, 6.45) is -0.397. The van der Waals surface area contributed by atoms with Gasteiger partial charge in [0.25, 0.3) is 0 Å². The summed E-state index contributed by atoms with van der Waals surface area (Å²) in [5.74, 6) is 0. The third-order valence-electron chi connectivity index (χ3n) is 2.28. The molecule has 1 amide bonds. The van der Waals surface area contributed by atoms with Crippen LogP contribution in [0.15, 0.2) is 0 Å². The Kier molecular flexibility index (Phi) is 3.57. The maximum atomic E-state index is 11.4. The number of carbonyl (C=O) groups excluding carboxylic acids is 1. The van der Waals surface area contributed by atoms with Crippen molar-refractivity contribution < 1.29 is 14.3 Å². The van der Waals surface area contributed by atoms with Crippen molar-refractivity contribution in [3.63, 3.8) is 0 Å². The molecule has 1 rings (SSSR count). The van der Waals surface area contributed by atoms with Crippen LogP contribution < -0.4 is 10.6 Å². The summed E-state index contributed by atoms with van der Waals surface area (Å²) in [7, 11) is 1.65. The van der Waals surface area contributed by atoms with Gasteiger partial charge in [-0.15, -0.1) is 0 Å². The fraction of sp³-hybridized carbons (Fsp3) is 0.900. The number of hydrogen-bond donors (Lipinski definition) is 2. The molecule has 1 heterocycles. The molecule has 0 aromatic heterocycles. The number of carbonyl (C=O) groups is 1. The highest BCUT2D eigenvalue weighted by Gasteiger charge is 2.37. The minimum absolute atomic E-state index is 0.253. The van der Waals surface area contributed by atoms with Gasteiger partial charge in [0.1, 0.15) is 11.2 Å². The first kappa shape index (κ1) is 12.3. The largest absolute Gasteiger partial charge is 0.444 e. The molecule has 1 fully saturated rings. The molecule has 0 bridgehead atoms. The molecule has 0 aromatic rings. The Morgan fingerprint density at radius 1 is 1.47 bits per heavy atom. The van der Waals surface area contributed by atoms with E-state index in [0.717, 1.165) is 13.1 Å². The second kappa shape index (κ2) is 4.37. The molecule has 1 aliphatic rings. The second-order valence-corrected chi connectivity index (χ2v) is 4.85. The van der Waals surface area contributed by atoms with Crippen LogP contribution in [0.1, 0.15) is 20.8 Å². The molecule has 15 heavy (non-hydrogen) atoms. The van der Waals surface area contributed by atoms with E-state index in [1.54, 1.807) is 7.11 Å². The molecule has 2 N–H and O–H groups in total. The van der Waals surface area contributed by atoms with Gasteiger partial charge in [-0.2, -0.15) is 0 Å². The standard InChI is InChI=1S/C10H20N2O3/c1-9(2,3)15-8(13)12-7-10(14-4)5-11-6-10/h11H,5-7H2,1-4H3,(H,12,13). The number of nitrogens with one attached hydrogen (secondary N) is 2. The molecule has 0 aromatic carbocycles. The van der Waals surface area contributed by atoms with Crippen molar-refractivity contribution in [1.29, 1.82) is 0 Å². The number of alkyl carbamates (subject to hydrolysis) is 1. The van der Waals surface area contributed by atoms with Crippen LogP contribution in [-0.4, -0.2) is 44.0 Å². The molecule has 0 aliphatic carbocycles. The SMILES string of the molecule is COC1(CNC(=O)OC(C)(C)C)CNC1. The average Bonchev–Trinajstić information content (AvgIpc) is 1.99. The van der Waals surface area contributed by atoms with Gasteiger partial charge in [0, 0.05) is 20.2 Å². The van der Waals surface area contributed by atoms with Gasteiger partial charge in [0.15, 0.2) is 0 Å². The van der Waals surface area contributed by atoms with Gasteiger partial charge in [-0.1, -0.05) is 0 Å². The maximum Gasteiger partial charge on any atom is 0.407 e. The number of rotatable bonds is 3. The van der Waals surface area contributed by atoms with Crippen molar-refractivity contribution in [3.05, 3.63) is 0 Å². The lowest BCUT2D eigenvalue weighted by molar-refractivity contribution is -0.0502. The van der Waals surface area contributed by atoms with E-state index in [1.165, 1.54) is 0 Å². The number of amides is 1. The van der Waals surface area contributed by atoms with Gasteiger partial charge in [-0.3, -0.25) is 0 Å². The lowest BCUT2D eigenvalue weighted by Gasteiger charge is -2.41. The summed E-state index contributed by atoms with van der Waals surface area (Å²) in [6, 6.07) is 0. The van der Waals surface area contributed by atoms with Crippen LogP contribution in [0, 0.1) is 0 Å². The average molecular weight is 216 g/mol. The van der Waals surface area contributed by atoms with Crippen LogP contribution in [0.2, 0.25) is 0 Å². The van der Waals surface area contributed by atoms with E-state index < -0.39 is 11.7 Å². The molecule has 0 spiro atoms. The minimum Gasteiger partial charge on any atom is -0.444 e. The van der Waals surface area contributed by atoms with E-state index in [9.17, 15) is 4.79 Å². The van der Waals surface area contributed by atoms with E-state index in [-0.39, 0.29) is 5.60 Å². The number of methoxy groups -OCH3 is 1. The van der Waals surface area contributed by atoms with Crippen molar-refractivity contribution in [2.24, 2.45) is 0 Å². The summed E-state index contributed by atoms with van der Waals surface area (Å²) in [5.41, 5.74) is -0.709. The van der Waals surface area contributed by atoms with Gasteiger partial charge in [-0.05, 0) is 20.8 Å². The Hall–Kier alpha value is -0.810. The highest BCUT2D eigenvalue weighted by atomic mass is 16.6. The van der Waals surface area contributed by atoms with E-state index in [1.807, 2.05) is 20.8 Å². The minimum atomic E-state index is -0.456. The van der Waals surface area contributed by atoms with Gasteiger partial charge in [0.2, 0.25) is 0 Å². The fourth-order valence-electron chi connectivity index (χ4n) is 1.29. The summed E-state index contributed by atoms with van der Waals surface area (Å²) in [6.45, 7) is 7.51. The lowest BCUT2D eigenvalue weighted by Crippen LogP contribution is -2.65. The van der Waals surface area contributed by atoms with E-state index in [2.05, 4.69) is 10.6 Å². The van der Waals surface area contributed by atoms with Crippen LogP contribution >= 0.6 is 0 Å². The third kappa shape index (κ3) is 3.68. The third-order valence-corrected chi connectivity index (χ3v) is 2.28. The second-order valence-electron chi connectivity index (χ2n) is 4.85. The summed E-state index contributed by atoms with van der Waals surface area (Å²) in [4.78, 5) is 11.4. The van der Waals surface area contributed by atoms with Gasteiger partial charge in [-0.25, -0.2) is 4.79 Å². The van der Waals surface area contributed by atoms with Crippen LogP contribution in [-0.2, 0) is 9.47 Å². The molecular weight excluding hydrogens is 196 g/mol. The molecule has 1 saturated heterocycles. The maximum absolute atomic E-state index is 11.4. The van der Waals surface area contributed by atoms with E-state index in [0.29, 0.717) is 6.54 Å². The van der Waals surface area contributed by atoms with Gasteiger partial charge >= 0.3 is 6.09 Å². The topological polar surface area (TPSA) is 59.6 Å². The predicted octanol–water partition coefficient (Wildman–Crippen LogP) is 0.500. The highest BCUT2D eigenvalue weighted by molar-refractivity contribution is 5.67. The van der Waals surface area contributed by atoms with Gasteiger partial charge in [0.05, 0.1) is 6.54 Å². The first-order valence-electron chi connectivity index (χ1n) is 5.10. The number of hydrogen-bond acceptors (Lipinski definition) is 4. The van der Waals surface area contributed by atoms with Crippen LogP contribution in [0.3, 0.4) is 0 Å². The molecule has 5 heteroatoms. The summed E-state index contributed by atoms with van der Waals surface area (Å²) < 4.78 is 10.4. The van der Waals surface area contributed by atoms with Crippen LogP contribution in [0.25, 0.3) is 0 Å². The number of ether oxygens (including phenoxy) is 2. The Bertz CT molecular complexity index is 226. The van der Waals surface area contributed by atoms with Crippen molar-refractivity contribution >= 4 is 6.09 Å². The molecule has 5 nitrogen and oxygen atoms in total. The van der Waals surface area contributed by atoms with E-state index in [4.69, 9.17) is 9.47 Å².